The Bertz CT molecular complexity index is 524. The number of nitrogens with zero attached hydrogens (tertiary/aromatic N) is 3. The van der Waals surface area contributed by atoms with Crippen LogP contribution in [0, 0.1) is 27.4 Å². The second kappa shape index (κ2) is 5.67. The first kappa shape index (κ1) is 13.3. The molecule has 0 aromatic heterocycles. The minimum atomic E-state index is -0.449. The van der Waals surface area contributed by atoms with Crippen molar-refractivity contribution in [3.8, 4) is 6.07 Å². The lowest BCUT2D eigenvalue weighted by Gasteiger charge is -2.18. The first-order valence-corrected chi connectivity index (χ1v) is 6.20. The molecule has 1 saturated heterocycles. The number of nitriles is 1. The third-order valence-electron chi connectivity index (χ3n) is 3.47. The molecule has 1 aromatic carbocycles. The van der Waals surface area contributed by atoms with Crippen LogP contribution in [0.15, 0.2) is 18.2 Å². The number of aliphatic hydroxyl groups is 1. The summed E-state index contributed by atoms with van der Waals surface area (Å²) in [7, 11) is 0. The highest BCUT2D eigenvalue weighted by atomic mass is 16.6. The third-order valence-corrected chi connectivity index (χ3v) is 3.47. The van der Waals surface area contributed by atoms with Crippen LogP contribution in [0.1, 0.15) is 18.4 Å². The molecule has 6 nitrogen and oxygen atoms in total. The summed E-state index contributed by atoms with van der Waals surface area (Å²) in [5.74, 6) is 0.375. The minimum Gasteiger partial charge on any atom is -0.396 e. The van der Waals surface area contributed by atoms with E-state index in [0.29, 0.717) is 23.7 Å². The second-order valence-electron chi connectivity index (χ2n) is 4.69. The average molecular weight is 261 g/mol. The molecule has 1 N–H and O–H groups in total. The summed E-state index contributed by atoms with van der Waals surface area (Å²) in [5, 5.41) is 28.8. The van der Waals surface area contributed by atoms with E-state index in [2.05, 4.69) is 0 Å². The maximum Gasteiger partial charge on any atom is 0.293 e. The Morgan fingerprint density at radius 2 is 2.37 bits per heavy atom. The lowest BCUT2D eigenvalue weighted by molar-refractivity contribution is -0.384. The molecular formula is C13H15N3O3. The van der Waals surface area contributed by atoms with Crippen molar-refractivity contribution in [2.24, 2.45) is 5.92 Å². The Hall–Kier alpha value is -2.13. The van der Waals surface area contributed by atoms with Crippen LogP contribution < -0.4 is 4.90 Å². The lowest BCUT2D eigenvalue weighted by Crippen LogP contribution is -2.21. The molecule has 0 radical (unpaired) electrons. The zero-order chi connectivity index (χ0) is 13.8. The molecule has 1 aliphatic rings. The normalized spacial score (nSPS) is 18.3. The molecule has 0 aliphatic carbocycles. The molecule has 0 bridgehead atoms. The summed E-state index contributed by atoms with van der Waals surface area (Å²) >= 11 is 0. The summed E-state index contributed by atoms with van der Waals surface area (Å²) in [5.41, 5.74) is 0.828. The summed E-state index contributed by atoms with van der Waals surface area (Å²) in [6, 6.07) is 6.46. The van der Waals surface area contributed by atoms with Gasteiger partial charge in [0.15, 0.2) is 0 Å². The molecule has 1 fully saturated rings. The first-order chi connectivity index (χ1) is 9.15. The number of hydrogen-bond acceptors (Lipinski definition) is 5. The van der Waals surface area contributed by atoms with Crippen LogP contribution in [-0.2, 0) is 0 Å². The highest BCUT2D eigenvalue weighted by Crippen LogP contribution is 2.33. The van der Waals surface area contributed by atoms with Crippen molar-refractivity contribution in [1.82, 2.24) is 0 Å². The van der Waals surface area contributed by atoms with Crippen LogP contribution in [-0.4, -0.2) is 29.7 Å². The highest BCUT2D eigenvalue weighted by Gasteiger charge is 2.27. The fourth-order valence-corrected chi connectivity index (χ4v) is 2.48. The van der Waals surface area contributed by atoms with Gasteiger partial charge in [0.2, 0.25) is 0 Å². The molecular weight excluding hydrogens is 246 g/mol. The third kappa shape index (κ3) is 2.83. The summed E-state index contributed by atoms with van der Waals surface area (Å²) in [6.45, 7) is 1.61. The molecule has 1 aromatic rings. The maximum absolute atomic E-state index is 11.1. The van der Waals surface area contributed by atoms with E-state index in [-0.39, 0.29) is 12.3 Å². The van der Waals surface area contributed by atoms with Gasteiger partial charge in [0.05, 0.1) is 16.6 Å². The van der Waals surface area contributed by atoms with Crippen LogP contribution in [0.5, 0.6) is 0 Å². The van der Waals surface area contributed by atoms with E-state index >= 15 is 0 Å². The van der Waals surface area contributed by atoms with Crippen LogP contribution in [0.3, 0.4) is 0 Å². The minimum absolute atomic E-state index is 0.0244. The van der Waals surface area contributed by atoms with E-state index in [1.165, 1.54) is 6.07 Å². The van der Waals surface area contributed by atoms with Gasteiger partial charge in [-0.05, 0) is 30.9 Å². The Balaban J connectivity index is 2.25. The fraction of sp³-hybridized carbons (Fsp3) is 0.462. The van der Waals surface area contributed by atoms with Gasteiger partial charge in [0.1, 0.15) is 5.69 Å². The van der Waals surface area contributed by atoms with E-state index in [9.17, 15) is 10.1 Å². The number of hydrogen-bond donors (Lipinski definition) is 1. The SMILES string of the molecule is N#Cc1ccc(N2CCC(CCO)C2)c([N+](=O)[O-])c1. The Morgan fingerprint density at radius 1 is 1.58 bits per heavy atom. The van der Waals surface area contributed by atoms with Crippen molar-refractivity contribution in [2.75, 3.05) is 24.6 Å². The smallest absolute Gasteiger partial charge is 0.293 e. The van der Waals surface area contributed by atoms with Gasteiger partial charge < -0.3 is 10.0 Å². The Labute approximate surface area is 111 Å². The van der Waals surface area contributed by atoms with E-state index < -0.39 is 4.92 Å². The van der Waals surface area contributed by atoms with E-state index in [4.69, 9.17) is 10.4 Å². The lowest BCUT2D eigenvalue weighted by atomic mass is 10.1. The van der Waals surface area contributed by atoms with Gasteiger partial charge >= 0.3 is 0 Å². The van der Waals surface area contributed by atoms with Crippen molar-refractivity contribution in [1.29, 1.82) is 5.26 Å². The van der Waals surface area contributed by atoms with Crippen LogP contribution in [0.2, 0.25) is 0 Å². The predicted octanol–water partition coefficient (Wildman–Crippen LogP) is 1.68. The molecule has 1 heterocycles. The summed E-state index contributed by atoms with van der Waals surface area (Å²) in [6.07, 6.45) is 1.65. The molecule has 0 spiro atoms. The van der Waals surface area contributed by atoms with Crippen molar-refractivity contribution >= 4 is 11.4 Å². The van der Waals surface area contributed by atoms with Crippen LogP contribution in [0.4, 0.5) is 11.4 Å². The fourth-order valence-electron chi connectivity index (χ4n) is 2.48. The van der Waals surface area contributed by atoms with Gasteiger partial charge in [-0.25, -0.2) is 0 Å². The average Bonchev–Trinajstić information content (AvgIpc) is 2.87. The number of aliphatic hydroxyl groups excluding tert-OH is 1. The summed E-state index contributed by atoms with van der Waals surface area (Å²) in [4.78, 5) is 12.6. The van der Waals surface area contributed by atoms with E-state index in [0.717, 1.165) is 19.4 Å². The molecule has 1 unspecified atom stereocenters. The molecule has 19 heavy (non-hydrogen) atoms. The van der Waals surface area contributed by atoms with E-state index in [1.54, 1.807) is 12.1 Å². The molecule has 1 aliphatic heterocycles. The van der Waals surface area contributed by atoms with Crippen molar-refractivity contribution in [2.45, 2.75) is 12.8 Å². The van der Waals surface area contributed by atoms with Crippen LogP contribution in [0.25, 0.3) is 0 Å². The first-order valence-electron chi connectivity index (χ1n) is 6.20. The molecule has 0 saturated carbocycles. The molecule has 6 heteroatoms. The highest BCUT2D eigenvalue weighted by molar-refractivity contribution is 5.66. The van der Waals surface area contributed by atoms with Gasteiger partial charge in [0.25, 0.3) is 5.69 Å². The Morgan fingerprint density at radius 3 is 3.00 bits per heavy atom. The molecule has 2 rings (SSSR count). The van der Waals surface area contributed by atoms with Gasteiger partial charge in [0, 0.05) is 25.8 Å². The maximum atomic E-state index is 11.1. The van der Waals surface area contributed by atoms with Gasteiger partial charge in [-0.2, -0.15) is 5.26 Å². The number of benzene rings is 1. The van der Waals surface area contributed by atoms with E-state index in [1.807, 2.05) is 11.0 Å². The predicted molar refractivity (Wildman–Crippen MR) is 69.8 cm³/mol. The zero-order valence-corrected chi connectivity index (χ0v) is 10.5. The van der Waals surface area contributed by atoms with Crippen LogP contribution >= 0.6 is 0 Å². The largest absolute Gasteiger partial charge is 0.396 e. The number of nitro groups is 1. The van der Waals surface area contributed by atoms with Crippen molar-refractivity contribution in [3.05, 3.63) is 33.9 Å². The van der Waals surface area contributed by atoms with Crippen molar-refractivity contribution in [3.63, 3.8) is 0 Å². The standard InChI is InChI=1S/C13H15N3O3/c14-8-11-1-2-12(13(7-11)16(18)19)15-5-3-10(9-15)4-6-17/h1-2,7,10,17H,3-6,9H2. The molecule has 100 valence electrons. The topological polar surface area (TPSA) is 90.4 Å². The molecule has 0 amide bonds. The monoisotopic (exact) mass is 261 g/mol. The van der Waals surface area contributed by atoms with Crippen molar-refractivity contribution < 1.29 is 10.0 Å². The Kier molecular flexibility index (Phi) is 3.97. The molecule has 1 atom stereocenters. The van der Waals surface area contributed by atoms with Gasteiger partial charge in [-0.15, -0.1) is 0 Å². The number of nitro benzene ring substituents is 1. The zero-order valence-electron chi connectivity index (χ0n) is 10.5. The quantitative estimate of drug-likeness (QED) is 0.657. The number of anilines is 1. The van der Waals surface area contributed by atoms with Gasteiger partial charge in [-0.3, -0.25) is 10.1 Å². The second-order valence-corrected chi connectivity index (χ2v) is 4.69. The number of rotatable bonds is 4. The summed E-state index contributed by atoms with van der Waals surface area (Å²) < 4.78 is 0. The van der Waals surface area contributed by atoms with Gasteiger partial charge in [-0.1, -0.05) is 0 Å².